The number of nitrogens with zero attached hydrogens (tertiary/aromatic N) is 4. The Morgan fingerprint density at radius 3 is 2.88 bits per heavy atom. The molecule has 2 aromatic rings. The van der Waals surface area contributed by atoms with Gasteiger partial charge in [-0.25, -0.2) is 9.97 Å². The van der Waals surface area contributed by atoms with Crippen LogP contribution in [0.3, 0.4) is 0 Å². The van der Waals surface area contributed by atoms with Crippen molar-refractivity contribution in [2.45, 2.75) is 19.4 Å². The minimum atomic E-state index is 0.0541. The Kier molecular flexibility index (Phi) is 6.28. The summed E-state index contributed by atoms with van der Waals surface area (Å²) in [5.74, 6) is 0.766. The Hall–Kier alpha value is -2.54. The third-order valence-electron chi connectivity index (χ3n) is 4.28. The smallest absolute Gasteiger partial charge is 0.224 e. The van der Waals surface area contributed by atoms with E-state index in [0.717, 1.165) is 32.5 Å². The number of carbonyl (C=O) groups is 1. The van der Waals surface area contributed by atoms with E-state index < -0.39 is 0 Å². The number of anilines is 1. The first kappa shape index (κ1) is 17.3. The molecule has 132 valence electrons. The third-order valence-corrected chi connectivity index (χ3v) is 4.28. The van der Waals surface area contributed by atoms with Crippen LogP contribution in [-0.2, 0) is 11.3 Å². The summed E-state index contributed by atoms with van der Waals surface area (Å²) in [6.45, 7) is 3.87. The second-order valence-corrected chi connectivity index (χ2v) is 6.23. The van der Waals surface area contributed by atoms with Gasteiger partial charge in [-0.1, -0.05) is 6.07 Å². The quantitative estimate of drug-likeness (QED) is 0.740. The molecule has 0 aromatic carbocycles. The molecule has 3 rings (SSSR count). The van der Waals surface area contributed by atoms with Crippen LogP contribution in [0, 0.1) is 5.92 Å². The number of rotatable bonds is 7. The van der Waals surface area contributed by atoms with Gasteiger partial charge in [0.25, 0.3) is 0 Å². The van der Waals surface area contributed by atoms with Crippen molar-refractivity contribution in [3.8, 4) is 0 Å². The molecule has 0 bridgehead atoms. The molecule has 0 saturated carbocycles. The number of carbonyl (C=O) groups excluding carboxylic acids is 1. The summed E-state index contributed by atoms with van der Waals surface area (Å²) in [6.07, 6.45) is 9.05. The summed E-state index contributed by atoms with van der Waals surface area (Å²) in [7, 11) is 0. The first-order chi connectivity index (χ1) is 12.3. The van der Waals surface area contributed by atoms with Gasteiger partial charge < -0.3 is 10.6 Å². The second kappa shape index (κ2) is 9.08. The third kappa shape index (κ3) is 5.49. The van der Waals surface area contributed by atoms with E-state index in [1.807, 2.05) is 12.3 Å². The van der Waals surface area contributed by atoms with Crippen LogP contribution in [0.4, 0.5) is 5.95 Å². The standard InChI is InChI=1S/C18H24N6O/c25-17(20-9-10-23-18-21-7-3-8-22-18)16-5-2-11-24(14-16)13-15-4-1-6-19-12-15/h1,3-4,6-8,12,16H,2,5,9-11,13-14H2,(H,20,25)(H,21,22,23)/t16-/m0/s1. The highest BCUT2D eigenvalue weighted by Crippen LogP contribution is 2.18. The molecule has 2 N–H and O–H groups in total. The normalized spacial score (nSPS) is 17.8. The van der Waals surface area contributed by atoms with E-state index in [0.29, 0.717) is 19.0 Å². The van der Waals surface area contributed by atoms with Gasteiger partial charge in [0.05, 0.1) is 5.92 Å². The molecule has 7 heteroatoms. The number of piperidine rings is 1. The van der Waals surface area contributed by atoms with Crippen LogP contribution in [-0.4, -0.2) is 51.9 Å². The van der Waals surface area contributed by atoms with Crippen LogP contribution < -0.4 is 10.6 Å². The molecule has 0 spiro atoms. The summed E-state index contributed by atoms with van der Waals surface area (Å²) in [6, 6.07) is 5.80. The molecule has 25 heavy (non-hydrogen) atoms. The molecule has 1 aliphatic heterocycles. The van der Waals surface area contributed by atoms with Crippen LogP contribution in [0.25, 0.3) is 0 Å². The number of amides is 1. The number of aromatic nitrogens is 3. The van der Waals surface area contributed by atoms with Crippen molar-refractivity contribution < 1.29 is 4.79 Å². The van der Waals surface area contributed by atoms with Crippen LogP contribution in [0.2, 0.25) is 0 Å². The number of hydrogen-bond acceptors (Lipinski definition) is 6. The van der Waals surface area contributed by atoms with E-state index in [-0.39, 0.29) is 11.8 Å². The first-order valence-corrected chi connectivity index (χ1v) is 8.71. The number of likely N-dealkylation sites (tertiary alicyclic amines) is 1. The molecule has 2 aromatic heterocycles. The molecule has 7 nitrogen and oxygen atoms in total. The highest BCUT2D eigenvalue weighted by atomic mass is 16.1. The zero-order valence-electron chi connectivity index (χ0n) is 14.3. The van der Waals surface area contributed by atoms with E-state index >= 15 is 0 Å². The summed E-state index contributed by atoms with van der Waals surface area (Å²) in [5.41, 5.74) is 1.19. The molecule has 0 radical (unpaired) electrons. The van der Waals surface area contributed by atoms with Crippen molar-refractivity contribution >= 4 is 11.9 Å². The van der Waals surface area contributed by atoms with Crippen LogP contribution >= 0.6 is 0 Å². The van der Waals surface area contributed by atoms with E-state index in [9.17, 15) is 4.79 Å². The largest absolute Gasteiger partial charge is 0.354 e. The predicted octanol–water partition coefficient (Wildman–Crippen LogP) is 1.31. The van der Waals surface area contributed by atoms with Crippen LogP contribution in [0.5, 0.6) is 0 Å². The SMILES string of the molecule is O=C(NCCNc1ncccn1)[C@H]1CCCN(Cc2cccnc2)C1. The fourth-order valence-electron chi connectivity index (χ4n) is 3.06. The predicted molar refractivity (Wildman–Crippen MR) is 95.8 cm³/mol. The van der Waals surface area contributed by atoms with Gasteiger partial charge in [0.2, 0.25) is 11.9 Å². The molecule has 1 saturated heterocycles. The van der Waals surface area contributed by atoms with Gasteiger partial charge in [-0.2, -0.15) is 0 Å². The molecule has 1 fully saturated rings. The van der Waals surface area contributed by atoms with E-state index in [4.69, 9.17) is 0 Å². The highest BCUT2D eigenvalue weighted by Gasteiger charge is 2.25. The molecular formula is C18H24N6O. The second-order valence-electron chi connectivity index (χ2n) is 6.23. The van der Waals surface area contributed by atoms with Crippen molar-refractivity contribution in [1.29, 1.82) is 0 Å². The molecule has 1 amide bonds. The van der Waals surface area contributed by atoms with Gasteiger partial charge in [-0.05, 0) is 37.1 Å². The van der Waals surface area contributed by atoms with Gasteiger partial charge in [-0.3, -0.25) is 14.7 Å². The lowest BCUT2D eigenvalue weighted by molar-refractivity contribution is -0.126. The lowest BCUT2D eigenvalue weighted by atomic mass is 9.97. The van der Waals surface area contributed by atoms with Gasteiger partial charge >= 0.3 is 0 Å². The van der Waals surface area contributed by atoms with E-state index in [1.54, 1.807) is 24.7 Å². The average Bonchev–Trinajstić information content (AvgIpc) is 2.67. The molecular weight excluding hydrogens is 316 g/mol. The highest BCUT2D eigenvalue weighted by molar-refractivity contribution is 5.79. The van der Waals surface area contributed by atoms with Gasteiger partial charge in [-0.15, -0.1) is 0 Å². The minimum Gasteiger partial charge on any atom is -0.354 e. The zero-order chi connectivity index (χ0) is 17.3. The van der Waals surface area contributed by atoms with Gasteiger partial charge in [0.15, 0.2) is 0 Å². The van der Waals surface area contributed by atoms with E-state index in [2.05, 4.69) is 36.6 Å². The Balaban J connectivity index is 1.39. The zero-order valence-corrected chi connectivity index (χ0v) is 14.3. The minimum absolute atomic E-state index is 0.0541. The van der Waals surface area contributed by atoms with Crippen molar-refractivity contribution in [2.75, 3.05) is 31.5 Å². The number of pyridine rings is 1. The molecule has 1 aliphatic rings. The van der Waals surface area contributed by atoms with Crippen molar-refractivity contribution in [2.24, 2.45) is 5.92 Å². The van der Waals surface area contributed by atoms with Crippen molar-refractivity contribution in [3.05, 3.63) is 48.5 Å². The van der Waals surface area contributed by atoms with Crippen molar-refractivity contribution in [3.63, 3.8) is 0 Å². The Labute approximate surface area is 147 Å². The Morgan fingerprint density at radius 2 is 2.08 bits per heavy atom. The number of hydrogen-bond donors (Lipinski definition) is 2. The maximum atomic E-state index is 12.4. The van der Waals surface area contributed by atoms with Crippen LogP contribution in [0.15, 0.2) is 43.0 Å². The van der Waals surface area contributed by atoms with Gasteiger partial charge in [0.1, 0.15) is 0 Å². The molecule has 1 atom stereocenters. The number of nitrogens with one attached hydrogen (secondary N) is 2. The lowest BCUT2D eigenvalue weighted by Crippen LogP contribution is -2.43. The molecule has 3 heterocycles. The summed E-state index contributed by atoms with van der Waals surface area (Å²) < 4.78 is 0. The molecule has 0 aliphatic carbocycles. The maximum absolute atomic E-state index is 12.4. The van der Waals surface area contributed by atoms with E-state index in [1.165, 1.54) is 5.56 Å². The van der Waals surface area contributed by atoms with Crippen molar-refractivity contribution in [1.82, 2.24) is 25.2 Å². The summed E-state index contributed by atoms with van der Waals surface area (Å²) in [4.78, 5) is 27.1. The summed E-state index contributed by atoms with van der Waals surface area (Å²) in [5, 5.41) is 6.10. The fraction of sp³-hybridized carbons (Fsp3) is 0.444. The maximum Gasteiger partial charge on any atom is 0.224 e. The van der Waals surface area contributed by atoms with Gasteiger partial charge in [0, 0.05) is 51.0 Å². The topological polar surface area (TPSA) is 83.0 Å². The Bertz CT molecular complexity index is 651. The fourth-order valence-corrected chi connectivity index (χ4v) is 3.06. The first-order valence-electron chi connectivity index (χ1n) is 8.71. The lowest BCUT2D eigenvalue weighted by Gasteiger charge is -2.31. The summed E-state index contributed by atoms with van der Waals surface area (Å²) >= 11 is 0. The average molecular weight is 340 g/mol. The molecule has 0 unspecified atom stereocenters. The van der Waals surface area contributed by atoms with Crippen LogP contribution in [0.1, 0.15) is 18.4 Å². The Morgan fingerprint density at radius 1 is 1.20 bits per heavy atom. The monoisotopic (exact) mass is 340 g/mol.